The average molecular weight is 328 g/mol. The number of phenolic OH excluding ortho intramolecular Hbond substituents is 1. The second kappa shape index (κ2) is 6.58. The Bertz CT molecular complexity index is 873. The van der Waals surface area contributed by atoms with Crippen LogP contribution < -0.4 is 16.9 Å². The van der Waals surface area contributed by atoms with Crippen LogP contribution in [0.3, 0.4) is 0 Å². The number of nitrogens with zero attached hydrogens (tertiary/aromatic N) is 5. The minimum absolute atomic E-state index is 0.0318. The van der Waals surface area contributed by atoms with Crippen LogP contribution in [-0.2, 0) is 13.1 Å². The fraction of sp³-hybridized carbons (Fsp3) is 0.143. The Balaban J connectivity index is 1.68. The Morgan fingerprint density at radius 2 is 1.92 bits per heavy atom. The topological polar surface area (TPSA) is 159 Å². The molecule has 1 aromatic carbocycles. The fourth-order valence-electron chi connectivity index (χ4n) is 2.10. The molecule has 0 bridgehead atoms. The molecule has 7 N–H and O–H groups in total. The number of nitrogen functional groups attached to an aromatic ring is 2. The van der Waals surface area contributed by atoms with Gasteiger partial charge in [-0.15, -0.1) is 5.17 Å². The van der Waals surface area contributed by atoms with Gasteiger partial charge >= 0.3 is 0 Å². The van der Waals surface area contributed by atoms with Gasteiger partial charge in [-0.05, 0) is 6.07 Å². The lowest BCUT2D eigenvalue weighted by molar-refractivity contribution is -0.148. The molecule has 0 fully saturated rings. The first-order valence-electron chi connectivity index (χ1n) is 7.04. The van der Waals surface area contributed by atoms with Crippen LogP contribution in [0.15, 0.2) is 30.5 Å². The molecule has 2 aromatic heterocycles. The van der Waals surface area contributed by atoms with Gasteiger partial charge in [-0.3, -0.25) is 5.21 Å². The summed E-state index contributed by atoms with van der Waals surface area (Å²) in [4.78, 5) is 16.2. The summed E-state index contributed by atoms with van der Waals surface area (Å²) >= 11 is 0. The van der Waals surface area contributed by atoms with E-state index in [-0.39, 0.29) is 30.6 Å². The highest BCUT2D eigenvalue weighted by Crippen LogP contribution is 2.17. The molecular weight excluding hydrogens is 312 g/mol. The van der Waals surface area contributed by atoms with Crippen molar-refractivity contribution in [3.05, 3.63) is 41.7 Å². The molecule has 0 atom stereocenters. The number of phenols is 1. The van der Waals surface area contributed by atoms with Gasteiger partial charge in [-0.25, -0.2) is 15.4 Å². The molecule has 2 heterocycles. The summed E-state index contributed by atoms with van der Waals surface area (Å²) in [5.41, 5.74) is 15.7. The van der Waals surface area contributed by atoms with Crippen molar-refractivity contribution in [1.29, 1.82) is 0 Å². The van der Waals surface area contributed by atoms with Crippen LogP contribution in [0.5, 0.6) is 5.75 Å². The van der Waals surface area contributed by atoms with Gasteiger partial charge in [-0.1, -0.05) is 18.2 Å². The van der Waals surface area contributed by atoms with Crippen molar-refractivity contribution < 1.29 is 10.3 Å². The summed E-state index contributed by atoms with van der Waals surface area (Å²) in [5.74, 6) is 0.276. The van der Waals surface area contributed by atoms with E-state index in [9.17, 15) is 10.3 Å². The molecule has 24 heavy (non-hydrogen) atoms. The third kappa shape index (κ3) is 3.46. The van der Waals surface area contributed by atoms with Crippen LogP contribution in [0, 0.1) is 0 Å². The molecule has 0 spiro atoms. The maximum Gasteiger partial charge on any atom is 0.224 e. The van der Waals surface area contributed by atoms with Gasteiger partial charge < -0.3 is 16.6 Å². The Labute approximate surface area is 136 Å². The van der Waals surface area contributed by atoms with Crippen molar-refractivity contribution in [3.63, 3.8) is 0 Å². The normalized spacial score (nSPS) is 11.2. The molecule has 3 aromatic rings. The lowest BCUT2D eigenvalue weighted by atomic mass is 10.2. The van der Waals surface area contributed by atoms with Crippen LogP contribution in [0.2, 0.25) is 0 Å². The van der Waals surface area contributed by atoms with E-state index in [2.05, 4.69) is 25.4 Å². The van der Waals surface area contributed by atoms with Gasteiger partial charge in [0, 0.05) is 5.56 Å². The van der Waals surface area contributed by atoms with E-state index in [0.717, 1.165) is 5.17 Å². The smallest absolute Gasteiger partial charge is 0.224 e. The summed E-state index contributed by atoms with van der Waals surface area (Å²) in [5, 5.41) is 20.4. The highest BCUT2D eigenvalue weighted by molar-refractivity contribution is 5.81. The van der Waals surface area contributed by atoms with Crippen LogP contribution >= 0.6 is 0 Å². The van der Waals surface area contributed by atoms with Crippen molar-refractivity contribution in [2.45, 2.75) is 13.1 Å². The molecule has 0 aliphatic carbocycles. The number of fused-ring (bicyclic) bond motifs is 1. The third-order valence-electron chi connectivity index (χ3n) is 3.26. The molecule has 0 amide bonds. The van der Waals surface area contributed by atoms with Gasteiger partial charge in [0.2, 0.25) is 5.95 Å². The molecule has 0 unspecified atom stereocenters. The van der Waals surface area contributed by atoms with E-state index >= 15 is 0 Å². The third-order valence-corrected chi connectivity index (χ3v) is 3.26. The van der Waals surface area contributed by atoms with Gasteiger partial charge in [0.05, 0.1) is 25.0 Å². The number of hydrogen-bond donors (Lipinski definition) is 5. The van der Waals surface area contributed by atoms with E-state index in [1.165, 1.54) is 6.20 Å². The predicted molar refractivity (Wildman–Crippen MR) is 86.2 cm³/mol. The highest BCUT2D eigenvalue weighted by Gasteiger charge is 2.09. The number of anilines is 2. The molecular formula is C14H16N8O2. The van der Waals surface area contributed by atoms with E-state index in [4.69, 9.17) is 11.5 Å². The molecule has 10 heteroatoms. The Kier molecular flexibility index (Phi) is 4.33. The van der Waals surface area contributed by atoms with E-state index in [1.807, 2.05) is 0 Å². The zero-order valence-corrected chi connectivity index (χ0v) is 12.6. The van der Waals surface area contributed by atoms with Gasteiger partial charge in [0.25, 0.3) is 0 Å². The monoisotopic (exact) mass is 328 g/mol. The Morgan fingerprint density at radius 1 is 1.12 bits per heavy atom. The minimum Gasteiger partial charge on any atom is -0.508 e. The number of aromatic hydroxyl groups is 1. The second-order valence-electron chi connectivity index (χ2n) is 5.02. The number of hydroxylamine groups is 1. The number of hydrogen-bond acceptors (Lipinski definition) is 10. The largest absolute Gasteiger partial charge is 0.508 e. The maximum absolute atomic E-state index is 9.89. The predicted octanol–water partition coefficient (Wildman–Crippen LogP) is 0.186. The first-order chi connectivity index (χ1) is 11.5. The summed E-state index contributed by atoms with van der Waals surface area (Å²) < 4.78 is 0. The average Bonchev–Trinajstić information content (AvgIpc) is 2.55. The molecule has 0 aliphatic heterocycles. The number of para-hydroxylation sites is 1. The minimum atomic E-state index is 0.0318. The van der Waals surface area contributed by atoms with E-state index < -0.39 is 0 Å². The quantitative estimate of drug-likeness (QED) is 0.409. The molecule has 0 aliphatic rings. The number of nitrogens with one attached hydrogen (secondary N) is 1. The number of rotatable bonds is 5. The van der Waals surface area contributed by atoms with Crippen molar-refractivity contribution in [1.82, 2.24) is 30.5 Å². The molecule has 124 valence electrons. The standard InChI is InChI=1S/C14H16N8O2/c15-12-11-13(21-14(16)20-12)17-5-9(19-11)6-18-22(24)7-8-3-1-2-4-10(8)23/h1-5,18,23-24H,6-7H2,(H4,15,16,17,20,21). The van der Waals surface area contributed by atoms with Crippen LogP contribution in [-0.4, -0.2) is 35.4 Å². The summed E-state index contributed by atoms with van der Waals surface area (Å²) in [7, 11) is 0. The van der Waals surface area contributed by atoms with Gasteiger partial charge in [0.15, 0.2) is 17.0 Å². The zero-order valence-electron chi connectivity index (χ0n) is 12.6. The second-order valence-corrected chi connectivity index (χ2v) is 5.02. The van der Waals surface area contributed by atoms with Crippen molar-refractivity contribution >= 4 is 22.9 Å². The first-order valence-corrected chi connectivity index (χ1v) is 7.04. The summed E-state index contributed by atoms with van der Waals surface area (Å²) in [6.07, 6.45) is 1.50. The first kappa shape index (κ1) is 15.8. The Morgan fingerprint density at radius 3 is 2.71 bits per heavy atom. The van der Waals surface area contributed by atoms with Crippen molar-refractivity contribution in [2.75, 3.05) is 11.5 Å². The lowest BCUT2D eigenvalue weighted by Crippen LogP contribution is -2.34. The van der Waals surface area contributed by atoms with Crippen molar-refractivity contribution in [2.24, 2.45) is 0 Å². The molecule has 3 rings (SSSR count). The van der Waals surface area contributed by atoms with E-state index in [0.29, 0.717) is 22.4 Å². The summed E-state index contributed by atoms with van der Waals surface area (Å²) in [6, 6.07) is 6.73. The lowest BCUT2D eigenvalue weighted by Gasteiger charge is -2.16. The number of hydrazine groups is 1. The molecule has 10 nitrogen and oxygen atoms in total. The van der Waals surface area contributed by atoms with Gasteiger partial charge in [0.1, 0.15) is 5.75 Å². The van der Waals surface area contributed by atoms with Crippen LogP contribution in [0.1, 0.15) is 11.3 Å². The molecule has 0 saturated carbocycles. The zero-order chi connectivity index (χ0) is 17.1. The fourth-order valence-corrected chi connectivity index (χ4v) is 2.10. The highest BCUT2D eigenvalue weighted by atomic mass is 16.5. The number of benzene rings is 1. The molecule has 0 radical (unpaired) electrons. The van der Waals surface area contributed by atoms with E-state index in [1.54, 1.807) is 24.3 Å². The Hall–Kier alpha value is -3.08. The maximum atomic E-state index is 9.89. The van der Waals surface area contributed by atoms with Crippen LogP contribution in [0.25, 0.3) is 11.2 Å². The number of aromatic nitrogens is 4. The molecule has 0 saturated heterocycles. The summed E-state index contributed by atoms with van der Waals surface area (Å²) in [6.45, 7) is 0.284. The van der Waals surface area contributed by atoms with Crippen molar-refractivity contribution in [3.8, 4) is 5.75 Å². The van der Waals surface area contributed by atoms with Gasteiger partial charge in [-0.2, -0.15) is 9.97 Å². The van der Waals surface area contributed by atoms with Crippen LogP contribution in [0.4, 0.5) is 11.8 Å². The SMILES string of the molecule is Nc1nc(N)c2nc(CNN(O)Cc3ccccc3O)cnc2n1. The number of nitrogens with two attached hydrogens (primary N) is 2.